The Hall–Kier alpha value is -2.93. The quantitative estimate of drug-likeness (QED) is 0.553. The molecule has 1 fully saturated rings. The molecule has 0 aliphatic heterocycles. The maximum atomic E-state index is 13.6. The number of ether oxygens (including phenoxy) is 2. The van der Waals surface area contributed by atoms with Crippen molar-refractivity contribution in [1.82, 2.24) is 5.32 Å². The molecule has 0 saturated heterocycles. The van der Waals surface area contributed by atoms with E-state index in [9.17, 15) is 14.0 Å². The van der Waals surface area contributed by atoms with Crippen molar-refractivity contribution in [2.24, 2.45) is 0 Å². The van der Waals surface area contributed by atoms with E-state index in [4.69, 9.17) is 9.47 Å². The first-order valence-corrected chi connectivity index (χ1v) is 10.8. The lowest BCUT2D eigenvalue weighted by Gasteiger charge is -2.21. The highest BCUT2D eigenvalue weighted by molar-refractivity contribution is 5.97. The summed E-state index contributed by atoms with van der Waals surface area (Å²) in [6.07, 6.45) is 7.10. The summed E-state index contributed by atoms with van der Waals surface area (Å²) in [6, 6.07) is 12.6. The van der Waals surface area contributed by atoms with Gasteiger partial charge in [-0.25, -0.2) is 4.39 Å². The summed E-state index contributed by atoms with van der Waals surface area (Å²) in [5, 5.41) is 5.31. The van der Waals surface area contributed by atoms with E-state index in [-0.39, 0.29) is 18.2 Å². The van der Waals surface area contributed by atoms with Crippen molar-refractivity contribution in [2.75, 3.05) is 25.1 Å². The molecule has 0 atom stereocenters. The molecule has 31 heavy (non-hydrogen) atoms. The molecule has 1 saturated carbocycles. The molecule has 3 rings (SSSR count). The van der Waals surface area contributed by atoms with Gasteiger partial charge in [0.05, 0.1) is 17.4 Å². The third-order valence-corrected chi connectivity index (χ3v) is 5.15. The predicted octanol–water partition coefficient (Wildman–Crippen LogP) is 4.31. The predicted molar refractivity (Wildman–Crippen MR) is 117 cm³/mol. The van der Waals surface area contributed by atoms with E-state index in [1.807, 2.05) is 0 Å². The molecule has 1 aliphatic rings. The number of halogens is 1. The van der Waals surface area contributed by atoms with E-state index >= 15 is 0 Å². The summed E-state index contributed by atoms with van der Waals surface area (Å²) in [4.78, 5) is 24.6. The zero-order chi connectivity index (χ0) is 21.9. The molecule has 0 bridgehead atoms. The number of hydrogen-bond acceptors (Lipinski definition) is 4. The molecule has 0 heterocycles. The van der Waals surface area contributed by atoms with Crippen molar-refractivity contribution in [3.63, 3.8) is 0 Å². The van der Waals surface area contributed by atoms with Gasteiger partial charge in [0.2, 0.25) is 0 Å². The number of benzene rings is 2. The van der Waals surface area contributed by atoms with Crippen molar-refractivity contribution in [2.45, 2.75) is 44.6 Å². The van der Waals surface area contributed by atoms with Crippen LogP contribution in [0.1, 0.15) is 48.9 Å². The van der Waals surface area contributed by atoms with E-state index < -0.39 is 11.7 Å². The first kappa shape index (κ1) is 22.7. The zero-order valence-electron chi connectivity index (χ0n) is 17.6. The van der Waals surface area contributed by atoms with Gasteiger partial charge < -0.3 is 20.1 Å². The van der Waals surface area contributed by atoms with E-state index in [0.29, 0.717) is 30.6 Å². The molecule has 0 radical (unpaired) electrons. The number of rotatable bonds is 10. The lowest BCUT2D eigenvalue weighted by molar-refractivity contribution is -0.118. The topological polar surface area (TPSA) is 76.7 Å². The smallest absolute Gasteiger partial charge is 0.262 e. The first-order valence-electron chi connectivity index (χ1n) is 10.8. The lowest BCUT2D eigenvalue weighted by Crippen LogP contribution is -2.27. The highest BCUT2D eigenvalue weighted by Gasteiger charge is 2.15. The van der Waals surface area contributed by atoms with Gasteiger partial charge >= 0.3 is 0 Å². The Kier molecular flexibility index (Phi) is 8.84. The number of nitrogens with one attached hydrogen (secondary N) is 2. The van der Waals surface area contributed by atoms with Gasteiger partial charge in [0.25, 0.3) is 11.8 Å². The highest BCUT2D eigenvalue weighted by atomic mass is 19.1. The van der Waals surface area contributed by atoms with Gasteiger partial charge in [0.15, 0.2) is 6.61 Å². The summed E-state index contributed by atoms with van der Waals surface area (Å²) in [7, 11) is 0. The fourth-order valence-corrected chi connectivity index (χ4v) is 3.52. The van der Waals surface area contributed by atoms with Crippen LogP contribution in [-0.4, -0.2) is 37.7 Å². The normalized spacial score (nSPS) is 14.1. The van der Waals surface area contributed by atoms with Crippen LogP contribution in [0.5, 0.6) is 5.75 Å². The molecular weight excluding hydrogens is 399 g/mol. The van der Waals surface area contributed by atoms with Gasteiger partial charge in [-0.1, -0.05) is 43.5 Å². The Balaban J connectivity index is 1.42. The minimum Gasteiger partial charge on any atom is -0.483 e. The second kappa shape index (κ2) is 12.1. The van der Waals surface area contributed by atoms with Crippen molar-refractivity contribution in [1.29, 1.82) is 0 Å². The number of anilines is 1. The van der Waals surface area contributed by atoms with Crippen LogP contribution in [0.4, 0.5) is 10.1 Å². The molecule has 2 aromatic carbocycles. The summed E-state index contributed by atoms with van der Waals surface area (Å²) >= 11 is 0. The average Bonchev–Trinajstić information content (AvgIpc) is 2.80. The van der Waals surface area contributed by atoms with Crippen molar-refractivity contribution < 1.29 is 23.5 Å². The number of amides is 2. The van der Waals surface area contributed by atoms with Crippen LogP contribution in [0, 0.1) is 5.82 Å². The standard InChI is InChI=1S/C24H29FN2O4/c25-20-12-5-6-13-21(20)27-23(28)17-31-22-14-7-4-11-19(22)24(29)26-15-8-16-30-18-9-2-1-3-10-18/h4-7,11-14,18H,1-3,8-10,15-17H2,(H,26,29)(H,27,28). The number of carbonyl (C=O) groups is 2. The van der Waals surface area contributed by atoms with Crippen molar-refractivity contribution >= 4 is 17.5 Å². The van der Waals surface area contributed by atoms with Gasteiger partial charge in [0.1, 0.15) is 11.6 Å². The van der Waals surface area contributed by atoms with E-state index in [2.05, 4.69) is 10.6 Å². The minimum atomic E-state index is -0.525. The zero-order valence-corrected chi connectivity index (χ0v) is 17.6. The summed E-state index contributed by atoms with van der Waals surface area (Å²) < 4.78 is 25.0. The molecule has 1 aliphatic carbocycles. The Morgan fingerprint density at radius 3 is 2.55 bits per heavy atom. The average molecular weight is 429 g/mol. The molecule has 2 N–H and O–H groups in total. The fraction of sp³-hybridized carbons (Fsp3) is 0.417. The summed E-state index contributed by atoms with van der Waals surface area (Å²) in [5.74, 6) is -1.02. The van der Waals surface area contributed by atoms with E-state index in [1.165, 1.54) is 31.4 Å². The molecule has 2 aromatic rings. The van der Waals surface area contributed by atoms with Crippen LogP contribution in [0.15, 0.2) is 48.5 Å². The van der Waals surface area contributed by atoms with Gasteiger partial charge in [-0.15, -0.1) is 0 Å². The van der Waals surface area contributed by atoms with Crippen LogP contribution >= 0.6 is 0 Å². The summed E-state index contributed by atoms with van der Waals surface area (Å²) in [6.45, 7) is 0.779. The van der Waals surface area contributed by atoms with E-state index in [0.717, 1.165) is 19.3 Å². The second-order valence-electron chi connectivity index (χ2n) is 7.55. The summed E-state index contributed by atoms with van der Waals surface area (Å²) in [5.41, 5.74) is 0.423. The van der Waals surface area contributed by atoms with Gasteiger partial charge in [-0.2, -0.15) is 0 Å². The monoisotopic (exact) mass is 428 g/mol. The SMILES string of the molecule is O=C(COc1ccccc1C(=O)NCCCOC1CCCCC1)Nc1ccccc1F. The third-order valence-electron chi connectivity index (χ3n) is 5.15. The molecule has 6 nitrogen and oxygen atoms in total. The van der Waals surface area contributed by atoms with Crippen LogP contribution in [0.3, 0.4) is 0 Å². The van der Waals surface area contributed by atoms with Crippen LogP contribution < -0.4 is 15.4 Å². The molecule has 2 amide bonds. The van der Waals surface area contributed by atoms with Gasteiger partial charge in [0, 0.05) is 13.2 Å². The largest absolute Gasteiger partial charge is 0.483 e. The van der Waals surface area contributed by atoms with Crippen LogP contribution in [0.25, 0.3) is 0 Å². The molecule has 7 heteroatoms. The molecular formula is C24H29FN2O4. The highest BCUT2D eigenvalue weighted by Crippen LogP contribution is 2.20. The van der Waals surface area contributed by atoms with Crippen molar-refractivity contribution in [3.05, 3.63) is 59.9 Å². The van der Waals surface area contributed by atoms with Crippen molar-refractivity contribution in [3.8, 4) is 5.75 Å². The minimum absolute atomic E-state index is 0.0811. The molecule has 166 valence electrons. The lowest BCUT2D eigenvalue weighted by atomic mass is 9.98. The molecule has 0 aromatic heterocycles. The van der Waals surface area contributed by atoms with Gasteiger partial charge in [-0.3, -0.25) is 9.59 Å². The van der Waals surface area contributed by atoms with Gasteiger partial charge in [-0.05, 0) is 43.5 Å². The number of hydrogen-bond donors (Lipinski definition) is 2. The Labute approximate surface area is 182 Å². The Bertz CT molecular complexity index is 868. The third kappa shape index (κ3) is 7.36. The second-order valence-corrected chi connectivity index (χ2v) is 7.55. The number of para-hydroxylation sites is 2. The Morgan fingerprint density at radius 1 is 1.00 bits per heavy atom. The molecule has 0 unspecified atom stereocenters. The maximum absolute atomic E-state index is 13.6. The first-order chi connectivity index (χ1) is 15.1. The van der Waals surface area contributed by atoms with Crippen LogP contribution in [0.2, 0.25) is 0 Å². The maximum Gasteiger partial charge on any atom is 0.262 e. The van der Waals surface area contributed by atoms with Crippen LogP contribution in [-0.2, 0) is 9.53 Å². The Morgan fingerprint density at radius 2 is 1.74 bits per heavy atom. The van der Waals surface area contributed by atoms with E-state index in [1.54, 1.807) is 36.4 Å². The molecule has 0 spiro atoms. The fourth-order valence-electron chi connectivity index (χ4n) is 3.52. The number of carbonyl (C=O) groups excluding carboxylic acids is 2.